The van der Waals surface area contributed by atoms with Crippen LogP contribution in [0.15, 0.2) is 48.5 Å². The Labute approximate surface area is 142 Å². The Morgan fingerprint density at radius 1 is 1.09 bits per heavy atom. The van der Waals surface area contributed by atoms with Gasteiger partial charge in [-0.2, -0.15) is 0 Å². The highest BCUT2D eigenvalue weighted by atomic mass is 35.5. The number of nitrogens with zero attached hydrogens (tertiary/aromatic N) is 1. The van der Waals surface area contributed by atoms with Crippen LogP contribution in [0.5, 0.6) is 0 Å². The van der Waals surface area contributed by atoms with Gasteiger partial charge in [-0.25, -0.2) is 4.79 Å². The van der Waals surface area contributed by atoms with Gasteiger partial charge in [0.2, 0.25) is 0 Å². The summed E-state index contributed by atoms with van der Waals surface area (Å²) in [6.45, 7) is 5.43. The van der Waals surface area contributed by atoms with Crippen molar-refractivity contribution in [3.05, 3.63) is 70.2 Å². The molecule has 3 nitrogen and oxygen atoms in total. The Morgan fingerprint density at radius 2 is 1.74 bits per heavy atom. The maximum Gasteiger partial charge on any atom is 0.318 e. The van der Waals surface area contributed by atoms with Gasteiger partial charge in [0.25, 0.3) is 0 Å². The second kappa shape index (κ2) is 6.25. The molecule has 1 aliphatic heterocycles. The van der Waals surface area contributed by atoms with E-state index in [0.29, 0.717) is 11.6 Å². The molecule has 2 aromatic rings. The number of nitrogens with one attached hydrogen (secondary N) is 1. The highest BCUT2D eigenvalue weighted by Crippen LogP contribution is 2.24. The molecule has 0 aliphatic carbocycles. The van der Waals surface area contributed by atoms with Gasteiger partial charge in [-0.05, 0) is 49.1 Å². The summed E-state index contributed by atoms with van der Waals surface area (Å²) in [7, 11) is 0. The zero-order chi connectivity index (χ0) is 16.4. The molecule has 120 valence electrons. The third kappa shape index (κ3) is 3.50. The molecule has 23 heavy (non-hydrogen) atoms. The van der Waals surface area contributed by atoms with Crippen molar-refractivity contribution < 1.29 is 4.79 Å². The molecule has 2 amide bonds. The Balaban J connectivity index is 1.71. The minimum Gasteiger partial charge on any atom is -0.329 e. The molecule has 0 fully saturated rings. The van der Waals surface area contributed by atoms with Gasteiger partial charge in [0.1, 0.15) is 0 Å². The summed E-state index contributed by atoms with van der Waals surface area (Å²) in [4.78, 5) is 14.5. The first kappa shape index (κ1) is 15.9. The molecule has 0 radical (unpaired) electrons. The van der Waals surface area contributed by atoms with Crippen LogP contribution in [0.4, 0.5) is 4.79 Å². The van der Waals surface area contributed by atoms with E-state index in [0.717, 1.165) is 18.5 Å². The molecule has 1 heterocycles. The zero-order valence-corrected chi connectivity index (χ0v) is 14.2. The molecule has 0 unspecified atom stereocenters. The Bertz CT molecular complexity index is 710. The van der Waals surface area contributed by atoms with Crippen molar-refractivity contribution in [3.8, 4) is 0 Å². The molecule has 0 saturated carbocycles. The number of benzene rings is 2. The van der Waals surface area contributed by atoms with Crippen molar-refractivity contribution in [2.45, 2.75) is 32.4 Å². The largest absolute Gasteiger partial charge is 0.329 e. The number of urea groups is 1. The lowest BCUT2D eigenvalue weighted by atomic mass is 9.94. The number of hydrogen-bond donors (Lipinski definition) is 1. The van der Waals surface area contributed by atoms with Crippen LogP contribution in [0.1, 0.15) is 30.5 Å². The Morgan fingerprint density at radius 3 is 2.43 bits per heavy atom. The van der Waals surface area contributed by atoms with E-state index in [1.807, 2.05) is 49.1 Å². The van der Waals surface area contributed by atoms with Crippen molar-refractivity contribution in [1.82, 2.24) is 10.2 Å². The predicted molar refractivity (Wildman–Crippen MR) is 93.6 cm³/mol. The zero-order valence-electron chi connectivity index (χ0n) is 13.5. The molecule has 1 N–H and O–H groups in total. The van der Waals surface area contributed by atoms with E-state index in [4.69, 9.17) is 11.6 Å². The molecule has 0 atom stereocenters. The van der Waals surface area contributed by atoms with Gasteiger partial charge in [0, 0.05) is 18.1 Å². The van der Waals surface area contributed by atoms with Crippen LogP contribution in [0.3, 0.4) is 0 Å². The second-order valence-corrected chi connectivity index (χ2v) is 6.94. The van der Waals surface area contributed by atoms with E-state index < -0.39 is 5.54 Å². The van der Waals surface area contributed by atoms with E-state index in [2.05, 4.69) is 23.5 Å². The fraction of sp³-hybridized carbons (Fsp3) is 0.316. The van der Waals surface area contributed by atoms with Gasteiger partial charge in [-0.3, -0.25) is 0 Å². The lowest BCUT2D eigenvalue weighted by Crippen LogP contribution is -2.49. The smallest absolute Gasteiger partial charge is 0.318 e. The lowest BCUT2D eigenvalue weighted by Gasteiger charge is -2.34. The average molecular weight is 329 g/mol. The molecular weight excluding hydrogens is 308 g/mol. The van der Waals surface area contributed by atoms with Gasteiger partial charge >= 0.3 is 6.03 Å². The van der Waals surface area contributed by atoms with Crippen LogP contribution in [-0.2, 0) is 18.5 Å². The molecule has 0 bridgehead atoms. The summed E-state index contributed by atoms with van der Waals surface area (Å²) in [6, 6.07) is 15.9. The van der Waals surface area contributed by atoms with E-state index in [9.17, 15) is 4.79 Å². The molecule has 0 aromatic heterocycles. The fourth-order valence-corrected chi connectivity index (χ4v) is 3.08. The number of carbonyl (C=O) groups excluding carboxylic acids is 1. The van der Waals surface area contributed by atoms with Crippen LogP contribution < -0.4 is 5.32 Å². The molecule has 0 spiro atoms. The number of halogens is 1. The lowest BCUT2D eigenvalue weighted by molar-refractivity contribution is 0.181. The van der Waals surface area contributed by atoms with Crippen molar-refractivity contribution in [2.24, 2.45) is 0 Å². The highest BCUT2D eigenvalue weighted by Gasteiger charge is 2.27. The van der Waals surface area contributed by atoms with Gasteiger partial charge in [0.15, 0.2) is 0 Å². The molecule has 1 aliphatic rings. The molecular formula is C19H21ClN2O. The van der Waals surface area contributed by atoms with Gasteiger partial charge < -0.3 is 10.2 Å². The quantitative estimate of drug-likeness (QED) is 0.873. The third-order valence-corrected chi connectivity index (χ3v) is 4.66. The maximum absolute atomic E-state index is 12.7. The Kier molecular flexibility index (Phi) is 4.31. The second-order valence-electron chi connectivity index (χ2n) is 6.50. The van der Waals surface area contributed by atoms with Crippen LogP contribution in [-0.4, -0.2) is 17.5 Å². The summed E-state index contributed by atoms with van der Waals surface area (Å²) >= 11 is 5.94. The van der Waals surface area contributed by atoms with E-state index in [1.165, 1.54) is 11.1 Å². The van der Waals surface area contributed by atoms with Crippen molar-refractivity contribution in [1.29, 1.82) is 0 Å². The van der Waals surface area contributed by atoms with Gasteiger partial charge in [-0.15, -0.1) is 0 Å². The molecule has 0 saturated heterocycles. The maximum atomic E-state index is 12.7. The van der Waals surface area contributed by atoms with Crippen LogP contribution in [0.2, 0.25) is 5.02 Å². The average Bonchev–Trinajstić information content (AvgIpc) is 2.54. The first-order valence-corrected chi connectivity index (χ1v) is 8.23. The topological polar surface area (TPSA) is 32.3 Å². The normalized spacial score (nSPS) is 14.3. The first-order valence-electron chi connectivity index (χ1n) is 7.85. The van der Waals surface area contributed by atoms with Crippen molar-refractivity contribution in [3.63, 3.8) is 0 Å². The van der Waals surface area contributed by atoms with E-state index in [-0.39, 0.29) is 6.03 Å². The fourth-order valence-electron chi connectivity index (χ4n) is 2.95. The first-order chi connectivity index (χ1) is 11.0. The summed E-state index contributed by atoms with van der Waals surface area (Å²) < 4.78 is 0. The van der Waals surface area contributed by atoms with Crippen LogP contribution in [0, 0.1) is 0 Å². The minimum absolute atomic E-state index is 0.0283. The molecule has 2 aromatic carbocycles. The van der Waals surface area contributed by atoms with Crippen LogP contribution in [0.25, 0.3) is 0 Å². The minimum atomic E-state index is -0.446. The van der Waals surface area contributed by atoms with Crippen molar-refractivity contribution in [2.75, 3.05) is 6.54 Å². The van der Waals surface area contributed by atoms with E-state index in [1.54, 1.807) is 0 Å². The number of hydrogen-bond acceptors (Lipinski definition) is 1. The number of carbonyl (C=O) groups is 1. The number of fused-ring (bicyclic) bond motifs is 1. The predicted octanol–water partition coefficient (Wildman–Crippen LogP) is 4.34. The molecule has 3 rings (SSSR count). The number of amides is 2. The Hall–Kier alpha value is -2.00. The standard InChI is InChI=1S/C19H21ClN2O/c1-19(2,16-7-9-17(20)10-8-16)21-18(23)22-12-11-14-5-3-4-6-15(14)13-22/h3-10H,11-13H2,1-2H3,(H,21,23). The number of rotatable bonds is 2. The van der Waals surface area contributed by atoms with Gasteiger partial charge in [0.05, 0.1) is 5.54 Å². The molecule has 4 heteroatoms. The monoisotopic (exact) mass is 328 g/mol. The third-order valence-electron chi connectivity index (χ3n) is 4.40. The highest BCUT2D eigenvalue weighted by molar-refractivity contribution is 6.30. The van der Waals surface area contributed by atoms with E-state index >= 15 is 0 Å². The summed E-state index contributed by atoms with van der Waals surface area (Å²) in [5.74, 6) is 0. The SMILES string of the molecule is CC(C)(NC(=O)N1CCc2ccccc2C1)c1ccc(Cl)cc1. The van der Waals surface area contributed by atoms with Crippen LogP contribution >= 0.6 is 11.6 Å². The summed E-state index contributed by atoms with van der Waals surface area (Å²) in [5.41, 5.74) is 3.16. The van der Waals surface area contributed by atoms with Gasteiger partial charge in [-0.1, -0.05) is 48.0 Å². The summed E-state index contributed by atoms with van der Waals surface area (Å²) in [5, 5.41) is 3.83. The summed E-state index contributed by atoms with van der Waals surface area (Å²) in [6.07, 6.45) is 0.908. The van der Waals surface area contributed by atoms with Crippen molar-refractivity contribution >= 4 is 17.6 Å².